The Hall–Kier alpha value is -0.0400. The first kappa shape index (κ1) is 9.51. The molecule has 2 aliphatic rings. The lowest BCUT2D eigenvalue weighted by molar-refractivity contribution is 0.245. The van der Waals surface area contributed by atoms with Gasteiger partial charge in [-0.05, 0) is 44.4 Å². The second kappa shape index (κ2) is 3.61. The van der Waals surface area contributed by atoms with Crippen LogP contribution in [0, 0.1) is 17.8 Å². The predicted molar refractivity (Wildman–Crippen MR) is 56.7 cm³/mol. The maximum atomic E-state index is 2.67. The summed E-state index contributed by atoms with van der Waals surface area (Å²) in [6, 6.07) is 0.769. The summed E-state index contributed by atoms with van der Waals surface area (Å²) in [6.45, 7) is 9.79. The molecule has 1 heterocycles. The van der Waals surface area contributed by atoms with Gasteiger partial charge in [-0.1, -0.05) is 13.3 Å². The second-order valence-corrected chi connectivity index (χ2v) is 5.31. The minimum atomic E-state index is 0.769. The Kier molecular flexibility index (Phi) is 2.64. The van der Waals surface area contributed by atoms with Crippen LogP contribution < -0.4 is 0 Å². The highest BCUT2D eigenvalue weighted by atomic mass is 15.2. The van der Waals surface area contributed by atoms with E-state index in [1.54, 1.807) is 0 Å². The number of hydrogen-bond donors (Lipinski definition) is 0. The molecular weight excluding hydrogens is 158 g/mol. The van der Waals surface area contributed by atoms with Gasteiger partial charge in [0.25, 0.3) is 0 Å². The first-order valence-corrected chi connectivity index (χ1v) is 5.94. The highest BCUT2D eigenvalue weighted by Crippen LogP contribution is 2.43. The molecule has 0 amide bonds. The Morgan fingerprint density at radius 3 is 2.08 bits per heavy atom. The van der Waals surface area contributed by atoms with Gasteiger partial charge in [-0.25, -0.2) is 0 Å². The lowest BCUT2D eigenvalue weighted by Crippen LogP contribution is -2.29. The lowest BCUT2D eigenvalue weighted by Gasteiger charge is -2.22. The molecule has 2 fully saturated rings. The van der Waals surface area contributed by atoms with Gasteiger partial charge in [-0.2, -0.15) is 0 Å². The van der Waals surface area contributed by atoms with Crippen molar-refractivity contribution in [2.45, 2.75) is 46.1 Å². The smallest absolute Gasteiger partial charge is 0.00388 e. The summed E-state index contributed by atoms with van der Waals surface area (Å²) in [4.78, 5) is 2.67. The van der Waals surface area contributed by atoms with E-state index < -0.39 is 0 Å². The minimum absolute atomic E-state index is 0.769. The Bertz CT molecular complexity index is 162. The lowest BCUT2D eigenvalue weighted by atomic mass is 10.0. The Morgan fingerprint density at radius 1 is 1.15 bits per heavy atom. The Labute approximate surface area is 82.5 Å². The van der Waals surface area contributed by atoms with Crippen LogP contribution >= 0.6 is 0 Å². The third-order valence-electron chi connectivity index (χ3n) is 4.18. The number of likely N-dealkylation sites (tertiary alicyclic amines) is 1. The van der Waals surface area contributed by atoms with Gasteiger partial charge in [-0.3, -0.25) is 0 Å². The summed E-state index contributed by atoms with van der Waals surface area (Å²) < 4.78 is 0. The SMILES string of the molecule is CCC1C[C@@H]2CN(C(C)C)C[C@@H]2C1. The van der Waals surface area contributed by atoms with Gasteiger partial charge in [0.05, 0.1) is 0 Å². The van der Waals surface area contributed by atoms with Crippen LogP contribution in [0.25, 0.3) is 0 Å². The van der Waals surface area contributed by atoms with Crippen LogP contribution in [0.15, 0.2) is 0 Å². The predicted octanol–water partition coefficient (Wildman–Crippen LogP) is 2.76. The summed E-state index contributed by atoms with van der Waals surface area (Å²) in [5, 5.41) is 0. The maximum absolute atomic E-state index is 2.67. The van der Waals surface area contributed by atoms with Crippen LogP contribution in [0.1, 0.15) is 40.0 Å². The molecule has 1 unspecified atom stereocenters. The molecule has 1 nitrogen and oxygen atoms in total. The van der Waals surface area contributed by atoms with E-state index in [9.17, 15) is 0 Å². The van der Waals surface area contributed by atoms with Crippen molar-refractivity contribution >= 4 is 0 Å². The molecule has 2 rings (SSSR count). The van der Waals surface area contributed by atoms with Gasteiger partial charge < -0.3 is 4.90 Å². The molecule has 0 N–H and O–H groups in total. The van der Waals surface area contributed by atoms with Crippen LogP contribution in [0.3, 0.4) is 0 Å². The highest BCUT2D eigenvalue weighted by molar-refractivity contribution is 4.92. The van der Waals surface area contributed by atoms with Crippen LogP contribution in [0.5, 0.6) is 0 Å². The fraction of sp³-hybridized carbons (Fsp3) is 1.00. The van der Waals surface area contributed by atoms with E-state index >= 15 is 0 Å². The molecule has 76 valence electrons. The number of fused-ring (bicyclic) bond motifs is 1. The summed E-state index contributed by atoms with van der Waals surface area (Å²) in [5.41, 5.74) is 0. The molecule has 1 aliphatic carbocycles. The van der Waals surface area contributed by atoms with Gasteiger partial charge in [0, 0.05) is 19.1 Å². The van der Waals surface area contributed by atoms with Gasteiger partial charge in [0.15, 0.2) is 0 Å². The van der Waals surface area contributed by atoms with Crippen molar-refractivity contribution in [3.63, 3.8) is 0 Å². The average molecular weight is 181 g/mol. The zero-order valence-corrected chi connectivity index (χ0v) is 9.29. The summed E-state index contributed by atoms with van der Waals surface area (Å²) in [7, 11) is 0. The third kappa shape index (κ3) is 1.76. The summed E-state index contributed by atoms with van der Waals surface area (Å²) in [6.07, 6.45) is 4.45. The van der Waals surface area contributed by atoms with Crippen molar-refractivity contribution < 1.29 is 0 Å². The van der Waals surface area contributed by atoms with Gasteiger partial charge in [0.2, 0.25) is 0 Å². The topological polar surface area (TPSA) is 3.24 Å². The number of rotatable bonds is 2. The maximum Gasteiger partial charge on any atom is 0.00388 e. The van der Waals surface area contributed by atoms with Crippen molar-refractivity contribution in [1.29, 1.82) is 0 Å². The van der Waals surface area contributed by atoms with Crippen LogP contribution in [-0.4, -0.2) is 24.0 Å². The van der Waals surface area contributed by atoms with Crippen molar-refractivity contribution in [2.75, 3.05) is 13.1 Å². The molecular formula is C12H23N. The first-order valence-electron chi connectivity index (χ1n) is 5.94. The van der Waals surface area contributed by atoms with E-state index in [0.29, 0.717) is 0 Å². The normalized spacial score (nSPS) is 40.2. The highest BCUT2D eigenvalue weighted by Gasteiger charge is 2.40. The van der Waals surface area contributed by atoms with Crippen LogP contribution in [0.2, 0.25) is 0 Å². The van der Waals surface area contributed by atoms with E-state index in [1.165, 1.54) is 32.4 Å². The van der Waals surface area contributed by atoms with Gasteiger partial charge >= 0.3 is 0 Å². The molecule has 1 aliphatic heterocycles. The van der Waals surface area contributed by atoms with Crippen molar-refractivity contribution in [1.82, 2.24) is 4.90 Å². The molecule has 0 aromatic rings. The molecule has 0 radical (unpaired) electrons. The summed E-state index contributed by atoms with van der Waals surface area (Å²) in [5.74, 6) is 3.16. The molecule has 0 spiro atoms. The molecule has 0 aromatic heterocycles. The number of hydrogen-bond acceptors (Lipinski definition) is 1. The Morgan fingerprint density at radius 2 is 1.69 bits per heavy atom. The van der Waals surface area contributed by atoms with Crippen molar-refractivity contribution in [3.8, 4) is 0 Å². The molecule has 0 bridgehead atoms. The van der Waals surface area contributed by atoms with E-state index in [1.807, 2.05) is 0 Å². The van der Waals surface area contributed by atoms with E-state index in [0.717, 1.165) is 23.8 Å². The Balaban J connectivity index is 1.89. The third-order valence-corrected chi connectivity index (χ3v) is 4.18. The molecule has 3 atom stereocenters. The van der Waals surface area contributed by atoms with E-state index in [4.69, 9.17) is 0 Å². The van der Waals surface area contributed by atoms with Crippen LogP contribution in [-0.2, 0) is 0 Å². The minimum Gasteiger partial charge on any atom is -0.300 e. The van der Waals surface area contributed by atoms with Gasteiger partial charge in [-0.15, -0.1) is 0 Å². The standard InChI is InChI=1S/C12H23N/c1-4-10-5-11-7-13(9(2)3)8-12(11)6-10/h9-12H,4-8H2,1-3H3/t10?,11-,12+. The molecule has 0 aromatic carbocycles. The first-order chi connectivity index (χ1) is 6.20. The largest absolute Gasteiger partial charge is 0.300 e. The van der Waals surface area contributed by atoms with Gasteiger partial charge in [0.1, 0.15) is 0 Å². The van der Waals surface area contributed by atoms with E-state index in [2.05, 4.69) is 25.7 Å². The fourth-order valence-corrected chi connectivity index (χ4v) is 3.22. The van der Waals surface area contributed by atoms with Crippen LogP contribution in [0.4, 0.5) is 0 Å². The summed E-state index contributed by atoms with van der Waals surface area (Å²) >= 11 is 0. The fourth-order valence-electron chi connectivity index (χ4n) is 3.22. The molecule has 1 saturated carbocycles. The van der Waals surface area contributed by atoms with Crippen molar-refractivity contribution in [2.24, 2.45) is 17.8 Å². The molecule has 13 heavy (non-hydrogen) atoms. The quantitative estimate of drug-likeness (QED) is 0.633. The molecule has 1 saturated heterocycles. The average Bonchev–Trinajstić information content (AvgIpc) is 2.58. The monoisotopic (exact) mass is 181 g/mol. The number of nitrogens with zero attached hydrogens (tertiary/aromatic N) is 1. The van der Waals surface area contributed by atoms with E-state index in [-0.39, 0.29) is 0 Å². The second-order valence-electron chi connectivity index (χ2n) is 5.31. The van der Waals surface area contributed by atoms with Crippen molar-refractivity contribution in [3.05, 3.63) is 0 Å². The molecule has 1 heteroatoms. The zero-order chi connectivity index (χ0) is 9.42. The zero-order valence-electron chi connectivity index (χ0n) is 9.29.